The van der Waals surface area contributed by atoms with Crippen molar-refractivity contribution in [2.75, 3.05) is 16.8 Å². The Kier molecular flexibility index (Phi) is 4.14. The minimum absolute atomic E-state index is 0.250. The molecule has 8 nitrogen and oxygen atoms in total. The smallest absolute Gasteiger partial charge is 0.415 e. The third-order valence-electron chi connectivity index (χ3n) is 4.05. The lowest BCUT2D eigenvalue weighted by molar-refractivity contribution is -0.117. The van der Waals surface area contributed by atoms with Crippen LogP contribution in [0.25, 0.3) is 0 Å². The number of amides is 2. The average molecular weight is 372 g/mol. The second-order valence-electron chi connectivity index (χ2n) is 5.93. The molecule has 0 radical (unpaired) electrons. The number of nitrogens with one attached hydrogen (secondary N) is 2. The molecule has 2 heterocycles. The van der Waals surface area contributed by atoms with E-state index in [1.54, 1.807) is 6.07 Å². The van der Waals surface area contributed by atoms with E-state index in [0.717, 1.165) is 17.1 Å². The molecular weight excluding hydrogens is 355 g/mol. The first kappa shape index (κ1) is 16.6. The zero-order valence-electron chi connectivity index (χ0n) is 13.9. The number of ether oxygens (including phenoxy) is 2. The van der Waals surface area contributed by atoms with Gasteiger partial charge in [-0.05, 0) is 24.3 Å². The second kappa shape index (κ2) is 6.48. The summed E-state index contributed by atoms with van der Waals surface area (Å²) in [6.07, 6.45) is -0.498. The highest BCUT2D eigenvalue weighted by Crippen LogP contribution is 2.44. The number of cyclic esters (lactones) is 1. The Morgan fingerprint density at radius 3 is 2.85 bits per heavy atom. The van der Waals surface area contributed by atoms with Crippen molar-refractivity contribution in [1.82, 2.24) is 5.09 Å². The van der Waals surface area contributed by atoms with E-state index in [-0.39, 0.29) is 12.5 Å². The fourth-order valence-electron chi connectivity index (χ4n) is 2.85. The molecule has 0 spiro atoms. The predicted molar refractivity (Wildman–Crippen MR) is 98.8 cm³/mol. The molecule has 2 aromatic rings. The van der Waals surface area contributed by atoms with Crippen LogP contribution in [-0.4, -0.2) is 24.4 Å². The van der Waals surface area contributed by atoms with E-state index in [9.17, 15) is 9.59 Å². The lowest BCUT2D eigenvalue weighted by atomic mass is 10.2. The van der Waals surface area contributed by atoms with Gasteiger partial charge in [0.25, 0.3) is 0 Å². The SMILES string of the molecule is CC(=O)NP(N)C1CN(c2ccc3c(c2)Oc2ccccc2N3)C(=O)O1. The number of para-hydroxylation sites is 2. The summed E-state index contributed by atoms with van der Waals surface area (Å²) in [6.45, 7) is 1.65. The van der Waals surface area contributed by atoms with Crippen LogP contribution in [0.1, 0.15) is 6.92 Å². The Morgan fingerprint density at radius 2 is 2.04 bits per heavy atom. The number of hydrogen-bond acceptors (Lipinski definition) is 6. The lowest BCUT2D eigenvalue weighted by Crippen LogP contribution is -2.29. The highest BCUT2D eigenvalue weighted by atomic mass is 31.1. The van der Waals surface area contributed by atoms with Gasteiger partial charge in [0.05, 0.1) is 23.6 Å². The molecule has 2 aliphatic heterocycles. The molecule has 4 N–H and O–H groups in total. The second-order valence-corrected chi connectivity index (χ2v) is 7.54. The summed E-state index contributed by atoms with van der Waals surface area (Å²) in [5.41, 5.74) is 8.29. The highest BCUT2D eigenvalue weighted by molar-refractivity contribution is 7.54. The Balaban J connectivity index is 1.54. The zero-order chi connectivity index (χ0) is 18.3. The van der Waals surface area contributed by atoms with Crippen molar-refractivity contribution in [3.05, 3.63) is 42.5 Å². The summed E-state index contributed by atoms with van der Waals surface area (Å²) in [5.74, 6) is 0.529. The van der Waals surface area contributed by atoms with Crippen LogP contribution in [0.4, 0.5) is 21.9 Å². The summed E-state index contributed by atoms with van der Waals surface area (Å²) >= 11 is 0. The molecule has 134 valence electrons. The van der Waals surface area contributed by atoms with Crippen LogP contribution in [-0.2, 0) is 9.53 Å². The maximum absolute atomic E-state index is 12.2. The van der Waals surface area contributed by atoms with Gasteiger partial charge in [0.15, 0.2) is 17.3 Å². The molecule has 2 unspecified atom stereocenters. The van der Waals surface area contributed by atoms with Crippen molar-refractivity contribution in [3.63, 3.8) is 0 Å². The number of benzene rings is 2. The quantitative estimate of drug-likeness (QED) is 0.610. The molecule has 1 fully saturated rings. The molecule has 0 bridgehead atoms. The number of nitrogens with two attached hydrogens (primary N) is 1. The van der Waals surface area contributed by atoms with Crippen LogP contribution in [0.3, 0.4) is 0 Å². The van der Waals surface area contributed by atoms with Crippen LogP contribution in [0, 0.1) is 0 Å². The number of nitrogens with zero attached hydrogens (tertiary/aromatic N) is 1. The number of fused-ring (bicyclic) bond motifs is 2. The van der Waals surface area contributed by atoms with Crippen molar-refractivity contribution in [2.45, 2.75) is 12.8 Å². The topological polar surface area (TPSA) is 106 Å². The first-order valence-corrected chi connectivity index (χ1v) is 9.46. The number of hydrogen-bond donors (Lipinski definition) is 3. The van der Waals surface area contributed by atoms with Crippen molar-refractivity contribution < 1.29 is 19.1 Å². The molecule has 2 aliphatic rings. The van der Waals surface area contributed by atoms with Crippen molar-refractivity contribution >= 4 is 37.3 Å². The van der Waals surface area contributed by atoms with E-state index in [0.29, 0.717) is 11.4 Å². The predicted octanol–water partition coefficient (Wildman–Crippen LogP) is 3.23. The van der Waals surface area contributed by atoms with Crippen LogP contribution in [0.5, 0.6) is 11.5 Å². The molecule has 0 aromatic heterocycles. The molecule has 9 heteroatoms. The third-order valence-corrected chi connectivity index (χ3v) is 5.51. The molecule has 2 amide bonds. The van der Waals surface area contributed by atoms with Gasteiger partial charge in [0.1, 0.15) is 8.22 Å². The normalized spacial score (nSPS) is 18.8. The third kappa shape index (κ3) is 3.05. The fourth-order valence-corrected chi connectivity index (χ4v) is 3.90. The first-order valence-electron chi connectivity index (χ1n) is 7.98. The Hall–Kier alpha value is -2.83. The minimum Gasteiger partial charge on any atom is -0.453 e. The van der Waals surface area contributed by atoms with Crippen molar-refractivity contribution in [3.8, 4) is 11.5 Å². The summed E-state index contributed by atoms with van der Waals surface area (Å²) in [7, 11) is -1.44. The molecule has 2 atom stereocenters. The number of carbonyl (C=O) groups is 2. The maximum Gasteiger partial charge on any atom is 0.415 e. The summed E-state index contributed by atoms with van der Waals surface area (Å²) in [4.78, 5) is 24.9. The van der Waals surface area contributed by atoms with Gasteiger partial charge >= 0.3 is 6.09 Å². The minimum atomic E-state index is -1.44. The summed E-state index contributed by atoms with van der Waals surface area (Å²) < 4.78 is 11.2. The van der Waals surface area contributed by atoms with E-state index >= 15 is 0 Å². The molecule has 26 heavy (non-hydrogen) atoms. The van der Waals surface area contributed by atoms with Gasteiger partial charge in [-0.15, -0.1) is 0 Å². The fraction of sp³-hybridized carbons (Fsp3) is 0.176. The highest BCUT2D eigenvalue weighted by Gasteiger charge is 2.37. The van der Waals surface area contributed by atoms with E-state index < -0.39 is 20.2 Å². The monoisotopic (exact) mass is 372 g/mol. The lowest BCUT2D eigenvalue weighted by Gasteiger charge is -2.23. The summed E-state index contributed by atoms with van der Waals surface area (Å²) in [6, 6.07) is 13.1. The zero-order valence-corrected chi connectivity index (χ0v) is 14.8. The maximum atomic E-state index is 12.2. The van der Waals surface area contributed by atoms with E-state index in [2.05, 4.69) is 10.4 Å². The molecular formula is C17H17N4O4P. The molecule has 1 saturated heterocycles. The summed E-state index contributed by atoms with van der Waals surface area (Å²) in [5, 5.41) is 5.90. The number of carbonyl (C=O) groups excluding carboxylic acids is 2. The van der Waals surface area contributed by atoms with Crippen LogP contribution < -0.4 is 25.5 Å². The molecule has 4 rings (SSSR count). The Bertz CT molecular complexity index is 891. The number of anilines is 3. The number of rotatable bonds is 3. The van der Waals surface area contributed by atoms with E-state index in [1.165, 1.54) is 11.8 Å². The molecule has 0 aliphatic carbocycles. The van der Waals surface area contributed by atoms with Crippen LogP contribution in [0.2, 0.25) is 0 Å². The average Bonchev–Trinajstić information content (AvgIpc) is 3.01. The first-order chi connectivity index (χ1) is 12.5. The van der Waals surface area contributed by atoms with Crippen LogP contribution in [0.15, 0.2) is 42.5 Å². The van der Waals surface area contributed by atoms with Gasteiger partial charge in [-0.3, -0.25) is 15.2 Å². The van der Waals surface area contributed by atoms with Gasteiger partial charge in [0.2, 0.25) is 5.91 Å². The van der Waals surface area contributed by atoms with Gasteiger partial charge < -0.3 is 19.9 Å². The van der Waals surface area contributed by atoms with E-state index in [4.69, 9.17) is 15.0 Å². The van der Waals surface area contributed by atoms with Gasteiger partial charge in [-0.25, -0.2) is 4.79 Å². The molecule has 2 aromatic carbocycles. The van der Waals surface area contributed by atoms with Crippen molar-refractivity contribution in [1.29, 1.82) is 0 Å². The largest absolute Gasteiger partial charge is 0.453 e. The van der Waals surface area contributed by atoms with Crippen LogP contribution >= 0.6 is 8.22 Å². The standard InChI is InChI=1S/C17H17N4O4P/c1-10(22)20-26(18)16-9-21(17(23)25-16)11-6-7-13-15(8-11)24-14-5-3-2-4-12(14)19-13/h2-8,16,19H,9,18H2,1H3,(H,20,22). The molecule has 0 saturated carbocycles. The van der Waals surface area contributed by atoms with Gasteiger partial charge in [-0.2, -0.15) is 0 Å². The van der Waals surface area contributed by atoms with Gasteiger partial charge in [-0.1, -0.05) is 12.1 Å². The van der Waals surface area contributed by atoms with E-state index in [1.807, 2.05) is 36.4 Å². The van der Waals surface area contributed by atoms with Gasteiger partial charge in [0, 0.05) is 13.0 Å². The Labute approximate surface area is 151 Å². The Morgan fingerprint density at radius 1 is 1.27 bits per heavy atom. The van der Waals surface area contributed by atoms with Crippen molar-refractivity contribution in [2.24, 2.45) is 5.50 Å².